The van der Waals surface area contributed by atoms with Crippen molar-refractivity contribution >= 4 is 5.91 Å². The summed E-state index contributed by atoms with van der Waals surface area (Å²) in [6.07, 6.45) is 3.77. The van der Waals surface area contributed by atoms with Gasteiger partial charge in [0.2, 0.25) is 0 Å². The Kier molecular flexibility index (Phi) is 3.98. The third-order valence-corrected chi connectivity index (χ3v) is 2.77. The largest absolute Gasteiger partial charge is 0.361 e. The number of rotatable bonds is 5. The van der Waals surface area contributed by atoms with Gasteiger partial charge in [0.25, 0.3) is 5.91 Å². The van der Waals surface area contributed by atoms with Crippen LogP contribution in [-0.2, 0) is 11.2 Å². The van der Waals surface area contributed by atoms with Crippen LogP contribution in [0.5, 0.6) is 5.75 Å². The number of para-hydroxylation sites is 1. The average Bonchev–Trinajstić information content (AvgIpc) is 2.35. The van der Waals surface area contributed by atoms with Crippen LogP contribution in [0.1, 0.15) is 31.7 Å². The third kappa shape index (κ3) is 2.97. The third-order valence-electron chi connectivity index (χ3n) is 2.77. The number of carbonyl (C=O) groups is 1. The molecule has 0 saturated carbocycles. The Morgan fingerprint density at radius 3 is 3.00 bits per heavy atom. The van der Waals surface area contributed by atoms with E-state index in [1.165, 1.54) is 11.6 Å². The predicted octanol–water partition coefficient (Wildman–Crippen LogP) is 2.06. The van der Waals surface area contributed by atoms with Crippen molar-refractivity contribution in [2.45, 2.75) is 32.6 Å². The highest BCUT2D eigenvalue weighted by Gasteiger charge is 2.24. The van der Waals surface area contributed by atoms with Gasteiger partial charge in [0.05, 0.1) is 6.42 Å². The lowest BCUT2D eigenvalue weighted by Crippen LogP contribution is -2.48. The molecule has 1 aromatic carbocycles. The molecule has 1 amide bonds. The Morgan fingerprint density at radius 1 is 1.35 bits per heavy atom. The van der Waals surface area contributed by atoms with E-state index in [2.05, 4.69) is 12.3 Å². The van der Waals surface area contributed by atoms with E-state index in [4.69, 9.17) is 4.84 Å². The summed E-state index contributed by atoms with van der Waals surface area (Å²) in [6.45, 7) is 2.92. The second-order valence-corrected chi connectivity index (χ2v) is 4.18. The quantitative estimate of drug-likeness (QED) is 0.793. The summed E-state index contributed by atoms with van der Waals surface area (Å²) in [4.78, 5) is 17.3. The van der Waals surface area contributed by atoms with Crippen LogP contribution >= 0.6 is 0 Å². The molecule has 1 N–H and O–H groups in total. The zero-order valence-corrected chi connectivity index (χ0v) is 10.1. The molecule has 0 radical (unpaired) electrons. The van der Waals surface area contributed by atoms with Gasteiger partial charge in [-0.15, -0.1) is 5.17 Å². The molecule has 0 saturated heterocycles. The van der Waals surface area contributed by atoms with Crippen LogP contribution in [0.4, 0.5) is 0 Å². The number of nitrogens with zero attached hydrogens (tertiary/aromatic N) is 1. The SMILES string of the molecule is CCCCCNN1Oc2ccccc2CC1=O. The molecule has 0 spiro atoms. The maximum Gasteiger partial charge on any atom is 0.277 e. The Bertz CT molecular complexity index is 393. The van der Waals surface area contributed by atoms with Gasteiger partial charge in [-0.2, -0.15) is 5.43 Å². The minimum atomic E-state index is -0.0415. The molecule has 4 heteroatoms. The molecule has 4 nitrogen and oxygen atoms in total. The van der Waals surface area contributed by atoms with E-state index >= 15 is 0 Å². The van der Waals surface area contributed by atoms with Gasteiger partial charge in [-0.1, -0.05) is 38.0 Å². The molecule has 2 rings (SSSR count). The summed E-state index contributed by atoms with van der Waals surface area (Å²) in [6, 6.07) is 7.62. The Hall–Kier alpha value is -1.55. The van der Waals surface area contributed by atoms with Crippen LogP contribution in [-0.4, -0.2) is 17.6 Å². The first-order valence-electron chi connectivity index (χ1n) is 6.13. The van der Waals surface area contributed by atoms with E-state index in [0.29, 0.717) is 6.42 Å². The van der Waals surface area contributed by atoms with E-state index in [-0.39, 0.29) is 5.91 Å². The minimum absolute atomic E-state index is 0.0415. The van der Waals surface area contributed by atoms with Crippen LogP contribution in [0, 0.1) is 0 Å². The highest BCUT2D eigenvalue weighted by Crippen LogP contribution is 2.23. The molecule has 1 aliphatic heterocycles. The fraction of sp³-hybridized carbons (Fsp3) is 0.462. The lowest BCUT2D eigenvalue weighted by atomic mass is 10.1. The van der Waals surface area contributed by atoms with Crippen molar-refractivity contribution in [1.29, 1.82) is 0 Å². The Balaban J connectivity index is 1.91. The molecule has 0 bridgehead atoms. The van der Waals surface area contributed by atoms with E-state index in [1.54, 1.807) is 0 Å². The average molecular weight is 234 g/mol. The summed E-state index contributed by atoms with van der Waals surface area (Å²) in [5.74, 6) is 0.718. The van der Waals surface area contributed by atoms with Gasteiger partial charge in [0.1, 0.15) is 0 Å². The number of hydrogen-bond donors (Lipinski definition) is 1. The summed E-state index contributed by atoms with van der Waals surface area (Å²) < 4.78 is 0. The fourth-order valence-electron chi connectivity index (χ4n) is 1.80. The molecule has 1 heterocycles. The van der Waals surface area contributed by atoms with E-state index in [9.17, 15) is 4.79 Å². The molecule has 0 aromatic heterocycles. The Morgan fingerprint density at radius 2 is 2.18 bits per heavy atom. The van der Waals surface area contributed by atoms with Crippen LogP contribution in [0.2, 0.25) is 0 Å². The smallest absolute Gasteiger partial charge is 0.277 e. The number of hydrogen-bond acceptors (Lipinski definition) is 3. The molecular weight excluding hydrogens is 216 g/mol. The van der Waals surface area contributed by atoms with Gasteiger partial charge in [-0.3, -0.25) is 4.79 Å². The molecule has 17 heavy (non-hydrogen) atoms. The van der Waals surface area contributed by atoms with Crippen molar-refractivity contribution < 1.29 is 9.63 Å². The zero-order valence-electron chi connectivity index (χ0n) is 10.1. The second kappa shape index (κ2) is 5.68. The van der Waals surface area contributed by atoms with Crippen LogP contribution in [0.3, 0.4) is 0 Å². The summed E-state index contributed by atoms with van der Waals surface area (Å²) in [5.41, 5.74) is 3.96. The molecule has 1 aliphatic rings. The van der Waals surface area contributed by atoms with Crippen molar-refractivity contribution in [1.82, 2.24) is 10.6 Å². The van der Waals surface area contributed by atoms with Crippen LogP contribution in [0.25, 0.3) is 0 Å². The number of benzene rings is 1. The van der Waals surface area contributed by atoms with Crippen molar-refractivity contribution in [2.75, 3.05) is 6.54 Å². The number of unbranched alkanes of at least 4 members (excludes halogenated alkanes) is 2. The van der Waals surface area contributed by atoms with Crippen molar-refractivity contribution in [3.05, 3.63) is 29.8 Å². The lowest BCUT2D eigenvalue weighted by Gasteiger charge is -2.28. The first-order chi connectivity index (χ1) is 8.31. The number of fused-ring (bicyclic) bond motifs is 1. The fourth-order valence-corrected chi connectivity index (χ4v) is 1.80. The first-order valence-corrected chi connectivity index (χ1v) is 6.13. The van der Waals surface area contributed by atoms with E-state index in [0.717, 1.165) is 30.7 Å². The lowest BCUT2D eigenvalue weighted by molar-refractivity contribution is -0.172. The molecule has 92 valence electrons. The van der Waals surface area contributed by atoms with E-state index < -0.39 is 0 Å². The summed E-state index contributed by atoms with van der Waals surface area (Å²) in [5, 5.41) is 1.26. The molecule has 0 atom stereocenters. The first kappa shape index (κ1) is 11.9. The maximum absolute atomic E-state index is 11.8. The summed E-state index contributed by atoms with van der Waals surface area (Å²) in [7, 11) is 0. The van der Waals surface area contributed by atoms with Gasteiger partial charge in [0, 0.05) is 12.1 Å². The summed E-state index contributed by atoms with van der Waals surface area (Å²) >= 11 is 0. The van der Waals surface area contributed by atoms with Crippen molar-refractivity contribution in [2.24, 2.45) is 0 Å². The van der Waals surface area contributed by atoms with Gasteiger partial charge in [-0.05, 0) is 12.5 Å². The number of carbonyl (C=O) groups excluding carboxylic acids is 1. The molecule has 0 fully saturated rings. The van der Waals surface area contributed by atoms with Crippen LogP contribution < -0.4 is 10.3 Å². The molecule has 1 aromatic rings. The number of amides is 1. The van der Waals surface area contributed by atoms with Gasteiger partial charge in [0.15, 0.2) is 5.75 Å². The number of hydrazine groups is 1. The number of nitrogens with one attached hydrogen (secondary N) is 1. The zero-order chi connectivity index (χ0) is 12.1. The van der Waals surface area contributed by atoms with Gasteiger partial charge >= 0.3 is 0 Å². The Labute approximate surface area is 101 Å². The maximum atomic E-state index is 11.8. The highest BCUT2D eigenvalue weighted by molar-refractivity contribution is 5.79. The second-order valence-electron chi connectivity index (χ2n) is 4.18. The van der Waals surface area contributed by atoms with Crippen LogP contribution in [0.15, 0.2) is 24.3 Å². The van der Waals surface area contributed by atoms with Gasteiger partial charge < -0.3 is 4.84 Å². The molecule has 0 aliphatic carbocycles. The normalized spacial score (nSPS) is 14.4. The standard InChI is InChI=1S/C13H18N2O2/c1-2-3-6-9-14-15-13(16)10-11-7-4-5-8-12(11)17-15/h4-5,7-8,14H,2-3,6,9-10H2,1H3. The molecular formula is C13H18N2O2. The van der Waals surface area contributed by atoms with Crippen molar-refractivity contribution in [3.63, 3.8) is 0 Å². The molecule has 0 unspecified atom stereocenters. The van der Waals surface area contributed by atoms with Gasteiger partial charge in [-0.25, -0.2) is 0 Å². The topological polar surface area (TPSA) is 41.6 Å². The monoisotopic (exact) mass is 234 g/mol. The number of hydroxylamine groups is 1. The predicted molar refractivity (Wildman–Crippen MR) is 65.1 cm³/mol. The minimum Gasteiger partial charge on any atom is -0.361 e. The highest BCUT2D eigenvalue weighted by atomic mass is 16.7. The van der Waals surface area contributed by atoms with Crippen molar-refractivity contribution in [3.8, 4) is 5.75 Å². The van der Waals surface area contributed by atoms with E-state index in [1.807, 2.05) is 24.3 Å².